The van der Waals surface area contributed by atoms with Crippen LogP contribution < -0.4 is 20.7 Å². The SMILES string of the molecule is CCOC(=O)N1CCN(C(=O)CCn2c(=O)[nH]c3cc(OC)c(OC)cc3c2=O)CC1. The van der Waals surface area contributed by atoms with Crippen molar-refractivity contribution >= 4 is 22.9 Å². The molecule has 1 aromatic carbocycles. The molecule has 11 nitrogen and oxygen atoms in total. The molecule has 1 fully saturated rings. The van der Waals surface area contributed by atoms with Crippen LogP contribution >= 0.6 is 0 Å². The fraction of sp³-hybridized carbons (Fsp3) is 0.500. The molecule has 3 rings (SSSR count). The molecule has 0 saturated carbocycles. The molecule has 2 amide bonds. The number of amides is 2. The second kappa shape index (κ2) is 9.54. The number of rotatable bonds is 6. The predicted molar refractivity (Wildman–Crippen MR) is 112 cm³/mol. The Bertz CT molecular complexity index is 1080. The molecule has 0 unspecified atom stereocenters. The van der Waals surface area contributed by atoms with Crippen molar-refractivity contribution in [2.45, 2.75) is 19.9 Å². The van der Waals surface area contributed by atoms with E-state index in [4.69, 9.17) is 14.2 Å². The number of nitrogens with one attached hydrogen (secondary N) is 1. The summed E-state index contributed by atoms with van der Waals surface area (Å²) in [5, 5.41) is 0.257. The van der Waals surface area contributed by atoms with Crippen LogP contribution in [0.1, 0.15) is 13.3 Å². The van der Waals surface area contributed by atoms with Crippen LogP contribution in [0.4, 0.5) is 4.79 Å². The third-order valence-electron chi connectivity index (χ3n) is 5.19. The van der Waals surface area contributed by atoms with E-state index >= 15 is 0 Å². The molecule has 1 aliphatic heterocycles. The Morgan fingerprint density at radius 1 is 1.00 bits per heavy atom. The van der Waals surface area contributed by atoms with Gasteiger partial charge in [-0.15, -0.1) is 0 Å². The maximum absolute atomic E-state index is 12.8. The molecule has 2 aromatic rings. The second-order valence-electron chi connectivity index (χ2n) is 6.96. The summed E-state index contributed by atoms with van der Waals surface area (Å²) in [5.41, 5.74) is -0.797. The van der Waals surface area contributed by atoms with Crippen molar-refractivity contribution in [3.05, 3.63) is 33.0 Å². The minimum atomic E-state index is -0.607. The molecule has 1 aliphatic rings. The number of ether oxygens (including phenoxy) is 3. The Morgan fingerprint density at radius 2 is 1.61 bits per heavy atom. The Morgan fingerprint density at radius 3 is 2.23 bits per heavy atom. The van der Waals surface area contributed by atoms with Crippen molar-refractivity contribution in [2.24, 2.45) is 0 Å². The van der Waals surface area contributed by atoms with Crippen LogP contribution in [0.15, 0.2) is 21.7 Å². The first-order valence-electron chi connectivity index (χ1n) is 9.97. The number of nitrogens with zero attached hydrogens (tertiary/aromatic N) is 3. The van der Waals surface area contributed by atoms with E-state index in [0.717, 1.165) is 4.57 Å². The highest BCUT2D eigenvalue weighted by Gasteiger charge is 2.25. The summed E-state index contributed by atoms with van der Waals surface area (Å²) in [6.45, 7) is 3.47. The molecule has 168 valence electrons. The first-order valence-corrected chi connectivity index (χ1v) is 9.97. The van der Waals surface area contributed by atoms with E-state index in [1.807, 2.05) is 0 Å². The first kappa shape index (κ1) is 22.2. The number of piperazine rings is 1. The number of aromatic amines is 1. The van der Waals surface area contributed by atoms with Crippen LogP contribution in [0.2, 0.25) is 0 Å². The van der Waals surface area contributed by atoms with Crippen molar-refractivity contribution < 1.29 is 23.8 Å². The summed E-state index contributed by atoms with van der Waals surface area (Å²) in [5.74, 6) is 0.559. The van der Waals surface area contributed by atoms with Crippen LogP contribution in [0.3, 0.4) is 0 Å². The number of aromatic nitrogens is 2. The van der Waals surface area contributed by atoms with Gasteiger partial charge in [-0.25, -0.2) is 9.59 Å². The molecule has 0 radical (unpaired) electrons. The molecular weight excluding hydrogens is 408 g/mol. The normalized spacial score (nSPS) is 13.9. The van der Waals surface area contributed by atoms with E-state index in [0.29, 0.717) is 49.8 Å². The number of carbonyl (C=O) groups excluding carboxylic acids is 2. The number of fused-ring (bicyclic) bond motifs is 1. The van der Waals surface area contributed by atoms with E-state index < -0.39 is 17.3 Å². The summed E-state index contributed by atoms with van der Waals surface area (Å²) in [4.78, 5) is 55.4. The lowest BCUT2D eigenvalue weighted by molar-refractivity contribution is -0.133. The van der Waals surface area contributed by atoms with Gasteiger partial charge in [0.25, 0.3) is 5.56 Å². The lowest BCUT2D eigenvalue weighted by atomic mass is 10.2. The molecule has 31 heavy (non-hydrogen) atoms. The van der Waals surface area contributed by atoms with Crippen LogP contribution in [0.5, 0.6) is 11.5 Å². The number of benzene rings is 1. The lowest BCUT2D eigenvalue weighted by Gasteiger charge is -2.34. The van der Waals surface area contributed by atoms with E-state index in [1.165, 1.54) is 26.4 Å². The van der Waals surface area contributed by atoms with Crippen molar-refractivity contribution in [3.8, 4) is 11.5 Å². The van der Waals surface area contributed by atoms with Gasteiger partial charge in [0.05, 0.1) is 31.7 Å². The zero-order chi connectivity index (χ0) is 22.5. The molecule has 2 heterocycles. The van der Waals surface area contributed by atoms with E-state index in [9.17, 15) is 19.2 Å². The summed E-state index contributed by atoms with van der Waals surface area (Å²) in [6, 6.07) is 3.02. The van der Waals surface area contributed by atoms with Gasteiger partial charge in [0, 0.05) is 45.2 Å². The third-order valence-corrected chi connectivity index (χ3v) is 5.19. The predicted octanol–water partition coefficient (Wildman–Crippen LogP) is 0.398. The molecule has 1 saturated heterocycles. The summed E-state index contributed by atoms with van der Waals surface area (Å²) in [7, 11) is 2.91. The minimum Gasteiger partial charge on any atom is -0.493 e. The monoisotopic (exact) mass is 434 g/mol. The Balaban J connectivity index is 1.71. The summed E-state index contributed by atoms with van der Waals surface area (Å²) >= 11 is 0. The fourth-order valence-electron chi connectivity index (χ4n) is 3.50. The number of methoxy groups -OCH3 is 2. The van der Waals surface area contributed by atoms with E-state index in [1.54, 1.807) is 16.7 Å². The standard InChI is InChI=1S/C20H26N4O7/c1-4-31-20(28)23-9-7-22(8-10-23)17(25)5-6-24-18(26)13-11-15(29-2)16(30-3)12-14(13)21-19(24)27/h11-12H,4-10H2,1-3H3,(H,21,27). The van der Waals surface area contributed by atoms with Gasteiger partial charge in [0.2, 0.25) is 5.91 Å². The maximum atomic E-state index is 12.8. The van der Waals surface area contributed by atoms with Crippen LogP contribution in [-0.2, 0) is 16.1 Å². The molecule has 1 N–H and O–H groups in total. The van der Waals surface area contributed by atoms with Gasteiger partial charge in [-0.2, -0.15) is 0 Å². The Kier molecular flexibility index (Phi) is 6.83. The fourth-order valence-corrected chi connectivity index (χ4v) is 3.50. The average Bonchev–Trinajstić information content (AvgIpc) is 2.78. The van der Waals surface area contributed by atoms with Crippen LogP contribution in [-0.4, -0.2) is 78.4 Å². The van der Waals surface area contributed by atoms with Gasteiger partial charge in [-0.05, 0) is 13.0 Å². The molecule has 11 heteroatoms. The van der Waals surface area contributed by atoms with Gasteiger partial charge >= 0.3 is 11.8 Å². The van der Waals surface area contributed by atoms with Crippen molar-refractivity contribution in [1.82, 2.24) is 19.4 Å². The third kappa shape index (κ3) is 4.65. The summed E-state index contributed by atoms with van der Waals surface area (Å²) in [6.07, 6.45) is -0.405. The Hall–Kier alpha value is -3.50. The first-order chi connectivity index (χ1) is 14.9. The van der Waals surface area contributed by atoms with Crippen LogP contribution in [0.25, 0.3) is 10.9 Å². The van der Waals surface area contributed by atoms with Crippen molar-refractivity contribution in [1.29, 1.82) is 0 Å². The molecule has 0 aliphatic carbocycles. The van der Waals surface area contributed by atoms with Crippen LogP contribution in [0, 0.1) is 0 Å². The van der Waals surface area contributed by atoms with E-state index in [-0.39, 0.29) is 24.3 Å². The lowest BCUT2D eigenvalue weighted by Crippen LogP contribution is -2.51. The molecular formula is C20H26N4O7. The molecule has 1 aromatic heterocycles. The highest BCUT2D eigenvalue weighted by atomic mass is 16.6. The number of hydrogen-bond acceptors (Lipinski definition) is 7. The highest BCUT2D eigenvalue weighted by Crippen LogP contribution is 2.29. The zero-order valence-electron chi connectivity index (χ0n) is 17.8. The topological polar surface area (TPSA) is 123 Å². The Labute approximate surface area is 178 Å². The van der Waals surface area contributed by atoms with Gasteiger partial charge in [-0.1, -0.05) is 0 Å². The molecule has 0 atom stereocenters. The van der Waals surface area contributed by atoms with Crippen molar-refractivity contribution in [3.63, 3.8) is 0 Å². The number of hydrogen-bond donors (Lipinski definition) is 1. The van der Waals surface area contributed by atoms with Gasteiger partial charge in [0.1, 0.15) is 0 Å². The smallest absolute Gasteiger partial charge is 0.409 e. The molecule has 0 bridgehead atoms. The average molecular weight is 434 g/mol. The largest absolute Gasteiger partial charge is 0.493 e. The number of carbonyl (C=O) groups is 2. The highest BCUT2D eigenvalue weighted by molar-refractivity contribution is 5.82. The second-order valence-corrected chi connectivity index (χ2v) is 6.96. The zero-order valence-corrected chi connectivity index (χ0v) is 17.8. The van der Waals surface area contributed by atoms with E-state index in [2.05, 4.69) is 4.98 Å². The maximum Gasteiger partial charge on any atom is 0.409 e. The quantitative estimate of drug-likeness (QED) is 0.698. The van der Waals surface area contributed by atoms with Gasteiger partial charge in [-0.3, -0.25) is 14.2 Å². The van der Waals surface area contributed by atoms with Crippen molar-refractivity contribution in [2.75, 3.05) is 47.0 Å². The van der Waals surface area contributed by atoms with Gasteiger partial charge in [0.15, 0.2) is 11.5 Å². The molecule has 0 spiro atoms. The summed E-state index contributed by atoms with van der Waals surface area (Å²) < 4.78 is 16.4. The minimum absolute atomic E-state index is 0.0127. The number of H-pyrrole nitrogens is 1. The van der Waals surface area contributed by atoms with Gasteiger partial charge < -0.3 is 29.0 Å².